The quantitative estimate of drug-likeness (QED) is 0.890. The summed E-state index contributed by atoms with van der Waals surface area (Å²) in [6.07, 6.45) is -1.24. The topological polar surface area (TPSA) is 58.6 Å². The Labute approximate surface area is 128 Å². The Morgan fingerprint density at radius 3 is 2.67 bits per heavy atom. The van der Waals surface area contributed by atoms with Crippen LogP contribution in [0.15, 0.2) is 48.5 Å². The maximum Gasteiger partial charge on any atom is 0.257 e. The van der Waals surface area contributed by atoms with Gasteiger partial charge in [-0.2, -0.15) is 0 Å². The number of benzene rings is 2. The predicted molar refractivity (Wildman–Crippen MR) is 82.7 cm³/mol. The van der Waals surface area contributed by atoms with Gasteiger partial charge in [0.1, 0.15) is 5.75 Å². The van der Waals surface area contributed by atoms with Crippen molar-refractivity contribution in [1.29, 1.82) is 0 Å². The van der Waals surface area contributed by atoms with E-state index in [1.54, 1.807) is 42.5 Å². The number of nitrogens with one attached hydrogen (secondary N) is 1. The summed E-state index contributed by atoms with van der Waals surface area (Å²) < 4.78 is 5.42. The van der Waals surface area contributed by atoms with Crippen molar-refractivity contribution in [1.82, 2.24) is 0 Å². The van der Waals surface area contributed by atoms with Crippen molar-refractivity contribution in [3.05, 3.63) is 59.1 Å². The largest absolute Gasteiger partial charge is 0.492 e. The Bertz CT molecular complexity index is 616. The summed E-state index contributed by atoms with van der Waals surface area (Å²) in [6, 6.07) is 13.6. The van der Waals surface area contributed by atoms with Crippen LogP contribution in [-0.2, 0) is 4.79 Å². The van der Waals surface area contributed by atoms with Gasteiger partial charge >= 0.3 is 0 Å². The maximum atomic E-state index is 12.1. The van der Waals surface area contributed by atoms with Crippen molar-refractivity contribution >= 4 is 23.2 Å². The van der Waals surface area contributed by atoms with Gasteiger partial charge in [0.2, 0.25) is 0 Å². The summed E-state index contributed by atoms with van der Waals surface area (Å²) in [7, 11) is 0. The lowest BCUT2D eigenvalue weighted by Gasteiger charge is -2.15. The lowest BCUT2D eigenvalue weighted by Crippen LogP contribution is -2.21. The van der Waals surface area contributed by atoms with E-state index in [-0.39, 0.29) is 0 Å². The number of ether oxygens (including phenoxy) is 1. The van der Waals surface area contributed by atoms with Gasteiger partial charge in [0.25, 0.3) is 5.91 Å². The zero-order chi connectivity index (χ0) is 15.2. The van der Waals surface area contributed by atoms with Gasteiger partial charge in [-0.25, -0.2) is 0 Å². The average molecular weight is 306 g/mol. The van der Waals surface area contributed by atoms with Crippen LogP contribution in [0.3, 0.4) is 0 Å². The Hall–Kier alpha value is -2.04. The third kappa shape index (κ3) is 3.97. The molecule has 110 valence electrons. The summed E-state index contributed by atoms with van der Waals surface area (Å²) in [4.78, 5) is 12.1. The second-order valence-corrected chi connectivity index (χ2v) is 4.81. The van der Waals surface area contributed by atoms with Gasteiger partial charge in [-0.05, 0) is 24.6 Å². The Balaban J connectivity index is 2.16. The third-order valence-electron chi connectivity index (χ3n) is 2.87. The molecule has 1 atom stereocenters. The van der Waals surface area contributed by atoms with Crippen LogP contribution in [0, 0.1) is 0 Å². The van der Waals surface area contributed by atoms with Crippen LogP contribution in [-0.4, -0.2) is 17.6 Å². The van der Waals surface area contributed by atoms with Crippen molar-refractivity contribution in [3.63, 3.8) is 0 Å². The van der Waals surface area contributed by atoms with E-state index in [0.717, 1.165) is 0 Å². The molecule has 0 aromatic heterocycles. The third-order valence-corrected chi connectivity index (χ3v) is 3.10. The van der Waals surface area contributed by atoms with Gasteiger partial charge < -0.3 is 15.2 Å². The molecule has 1 amide bonds. The lowest BCUT2D eigenvalue weighted by molar-refractivity contribution is -0.124. The van der Waals surface area contributed by atoms with Gasteiger partial charge in [0, 0.05) is 11.1 Å². The van der Waals surface area contributed by atoms with Crippen molar-refractivity contribution in [2.24, 2.45) is 0 Å². The van der Waals surface area contributed by atoms with Crippen LogP contribution in [0.25, 0.3) is 0 Å². The minimum absolute atomic E-state index is 0.449. The molecule has 0 saturated carbocycles. The molecule has 0 bridgehead atoms. The molecule has 2 aromatic rings. The van der Waals surface area contributed by atoms with Crippen LogP contribution >= 0.6 is 11.6 Å². The fourth-order valence-corrected chi connectivity index (χ4v) is 2.02. The maximum absolute atomic E-state index is 12.1. The molecule has 2 rings (SSSR count). The fourth-order valence-electron chi connectivity index (χ4n) is 1.86. The van der Waals surface area contributed by atoms with Crippen molar-refractivity contribution in [3.8, 4) is 5.75 Å². The van der Waals surface area contributed by atoms with Crippen LogP contribution in [0.1, 0.15) is 18.6 Å². The molecule has 5 heteroatoms. The van der Waals surface area contributed by atoms with Gasteiger partial charge in [-0.15, -0.1) is 0 Å². The molecule has 0 heterocycles. The van der Waals surface area contributed by atoms with Crippen LogP contribution in [0.2, 0.25) is 5.02 Å². The molecular weight excluding hydrogens is 290 g/mol. The van der Waals surface area contributed by atoms with E-state index in [9.17, 15) is 9.90 Å². The Morgan fingerprint density at radius 2 is 2.00 bits per heavy atom. The molecule has 0 fully saturated rings. The summed E-state index contributed by atoms with van der Waals surface area (Å²) in [5.41, 5.74) is 1.00. The summed E-state index contributed by atoms with van der Waals surface area (Å²) in [5, 5.41) is 13.2. The van der Waals surface area contributed by atoms with Crippen molar-refractivity contribution in [2.45, 2.75) is 13.0 Å². The molecule has 0 radical (unpaired) electrons. The number of hydrogen-bond donors (Lipinski definition) is 2. The van der Waals surface area contributed by atoms with E-state index in [1.807, 2.05) is 13.0 Å². The fraction of sp³-hybridized carbons (Fsp3) is 0.188. The van der Waals surface area contributed by atoms with Gasteiger partial charge in [0.15, 0.2) is 6.10 Å². The highest BCUT2D eigenvalue weighted by Crippen LogP contribution is 2.29. The Morgan fingerprint density at radius 1 is 1.29 bits per heavy atom. The molecule has 21 heavy (non-hydrogen) atoms. The highest BCUT2D eigenvalue weighted by Gasteiger charge is 2.18. The second-order valence-electron chi connectivity index (χ2n) is 4.38. The number of aliphatic hydroxyl groups is 1. The minimum Gasteiger partial charge on any atom is -0.492 e. The first-order valence-electron chi connectivity index (χ1n) is 6.58. The number of hydrogen-bond acceptors (Lipinski definition) is 3. The molecule has 0 spiro atoms. The predicted octanol–water partition coefficient (Wildman–Crippen LogP) is 3.41. The number of rotatable bonds is 5. The molecule has 4 nitrogen and oxygen atoms in total. The van der Waals surface area contributed by atoms with Crippen molar-refractivity contribution in [2.75, 3.05) is 11.9 Å². The first-order valence-corrected chi connectivity index (χ1v) is 6.96. The highest BCUT2D eigenvalue weighted by molar-refractivity contribution is 6.30. The van der Waals surface area contributed by atoms with Crippen LogP contribution in [0.4, 0.5) is 5.69 Å². The highest BCUT2D eigenvalue weighted by atomic mass is 35.5. The van der Waals surface area contributed by atoms with Crippen LogP contribution in [0.5, 0.6) is 5.75 Å². The Kier molecular flexibility index (Phi) is 5.20. The van der Waals surface area contributed by atoms with E-state index in [0.29, 0.717) is 28.6 Å². The molecular formula is C16H16ClNO3. The van der Waals surface area contributed by atoms with Crippen molar-refractivity contribution < 1.29 is 14.6 Å². The normalized spacial score (nSPS) is 11.8. The monoisotopic (exact) mass is 305 g/mol. The molecule has 0 aliphatic heterocycles. The summed E-state index contributed by atoms with van der Waals surface area (Å²) in [5.74, 6) is -0.0527. The molecule has 0 saturated heterocycles. The van der Waals surface area contributed by atoms with E-state index in [2.05, 4.69) is 5.32 Å². The first kappa shape index (κ1) is 15.4. The second kappa shape index (κ2) is 7.11. The average Bonchev–Trinajstić information content (AvgIpc) is 2.50. The van der Waals surface area contributed by atoms with Gasteiger partial charge in [0.05, 0.1) is 12.3 Å². The summed E-state index contributed by atoms with van der Waals surface area (Å²) >= 11 is 5.91. The number of anilines is 1. The smallest absolute Gasteiger partial charge is 0.257 e. The molecule has 0 aliphatic carbocycles. The lowest BCUT2D eigenvalue weighted by atomic mass is 10.1. The SMILES string of the molecule is CCOc1cc(Cl)ccc1NC(=O)[C@H](O)c1ccccc1. The molecule has 0 aliphatic rings. The van der Waals surface area contributed by atoms with Gasteiger partial charge in [-0.3, -0.25) is 4.79 Å². The first-order chi connectivity index (χ1) is 10.1. The number of halogens is 1. The number of amides is 1. The molecule has 2 N–H and O–H groups in total. The van der Waals surface area contributed by atoms with Gasteiger partial charge in [-0.1, -0.05) is 41.9 Å². The van der Waals surface area contributed by atoms with E-state index >= 15 is 0 Å². The summed E-state index contributed by atoms with van der Waals surface area (Å²) in [6.45, 7) is 2.29. The molecule has 0 unspecified atom stereocenters. The zero-order valence-corrected chi connectivity index (χ0v) is 12.3. The van der Waals surface area contributed by atoms with E-state index < -0.39 is 12.0 Å². The minimum atomic E-state index is -1.24. The zero-order valence-electron chi connectivity index (χ0n) is 11.5. The number of carbonyl (C=O) groups excluding carboxylic acids is 1. The molecule has 2 aromatic carbocycles. The van der Waals surface area contributed by atoms with Crippen LogP contribution < -0.4 is 10.1 Å². The van der Waals surface area contributed by atoms with E-state index in [4.69, 9.17) is 16.3 Å². The van der Waals surface area contributed by atoms with E-state index in [1.165, 1.54) is 0 Å². The number of carbonyl (C=O) groups is 1. The number of aliphatic hydroxyl groups excluding tert-OH is 1. The standard InChI is InChI=1S/C16H16ClNO3/c1-2-21-14-10-12(17)8-9-13(14)18-16(20)15(19)11-6-4-3-5-7-11/h3-10,15,19H,2H2,1H3,(H,18,20)/t15-/m1/s1.